The fourth-order valence-electron chi connectivity index (χ4n) is 4.04. The lowest BCUT2D eigenvalue weighted by atomic mass is 9.96. The topological polar surface area (TPSA) is 94.9 Å². The van der Waals surface area contributed by atoms with Gasteiger partial charge in [-0.1, -0.05) is 48.5 Å². The highest BCUT2D eigenvalue weighted by Gasteiger charge is 2.34. The number of carbonyl (C=O) groups is 3. The van der Waals surface area contributed by atoms with Crippen molar-refractivity contribution >= 4 is 17.8 Å². The van der Waals surface area contributed by atoms with Crippen molar-refractivity contribution in [3.63, 3.8) is 0 Å². The second-order valence-corrected chi connectivity index (χ2v) is 7.91. The number of benzene rings is 3. The van der Waals surface area contributed by atoms with Crippen LogP contribution in [0.1, 0.15) is 49.4 Å². The van der Waals surface area contributed by atoms with E-state index in [4.69, 9.17) is 5.11 Å². The maximum atomic E-state index is 12.6. The zero-order valence-electron chi connectivity index (χ0n) is 17.5. The highest BCUT2D eigenvalue weighted by Crippen LogP contribution is 2.25. The largest absolute Gasteiger partial charge is 0.508 e. The Morgan fingerprint density at radius 3 is 1.97 bits per heavy atom. The van der Waals surface area contributed by atoms with Crippen molar-refractivity contribution in [3.05, 3.63) is 100 Å². The molecule has 0 saturated heterocycles. The summed E-state index contributed by atoms with van der Waals surface area (Å²) in [5.74, 6) is -1.25. The fourth-order valence-corrected chi connectivity index (χ4v) is 4.04. The molecule has 0 fully saturated rings. The average Bonchev–Trinajstić information content (AvgIpc) is 3.02. The zero-order chi connectivity index (χ0) is 22.7. The van der Waals surface area contributed by atoms with Gasteiger partial charge in [-0.2, -0.15) is 0 Å². The number of hydrogen-bond donors (Lipinski definition) is 2. The maximum absolute atomic E-state index is 12.6. The number of phenols is 1. The molecule has 1 heterocycles. The van der Waals surface area contributed by atoms with Crippen LogP contribution >= 0.6 is 0 Å². The Balaban J connectivity index is 1.55. The van der Waals surface area contributed by atoms with Gasteiger partial charge in [-0.15, -0.1) is 0 Å². The molecule has 162 valence electrons. The second kappa shape index (κ2) is 9.06. The molecule has 0 aliphatic carbocycles. The molecule has 0 aromatic heterocycles. The van der Waals surface area contributed by atoms with Crippen LogP contribution in [-0.4, -0.2) is 39.4 Å². The molecule has 3 aromatic rings. The number of aryl methyl sites for hydroxylation is 1. The third kappa shape index (κ3) is 4.54. The first-order valence-corrected chi connectivity index (χ1v) is 10.5. The molecule has 0 spiro atoms. The first-order valence-electron chi connectivity index (χ1n) is 10.5. The van der Waals surface area contributed by atoms with Gasteiger partial charge in [-0.3, -0.25) is 19.3 Å². The van der Waals surface area contributed by atoms with E-state index >= 15 is 0 Å². The van der Waals surface area contributed by atoms with Gasteiger partial charge >= 0.3 is 5.97 Å². The molecule has 6 nitrogen and oxygen atoms in total. The smallest absolute Gasteiger partial charge is 0.303 e. The number of hydrogen-bond acceptors (Lipinski definition) is 4. The van der Waals surface area contributed by atoms with Gasteiger partial charge in [0.25, 0.3) is 11.8 Å². The van der Waals surface area contributed by atoms with Crippen LogP contribution in [0.4, 0.5) is 0 Å². The van der Waals surface area contributed by atoms with Crippen molar-refractivity contribution < 1.29 is 24.6 Å². The number of nitrogens with zero attached hydrogens (tertiary/aromatic N) is 1. The van der Waals surface area contributed by atoms with E-state index in [0.29, 0.717) is 30.4 Å². The van der Waals surface area contributed by atoms with Crippen molar-refractivity contribution in [1.29, 1.82) is 0 Å². The standard InChI is InChI=1S/C26H23NO5/c28-23-8-4-1-5-20(23)16-19-14-17(9-10-24(29)30)13-18(15-19)11-12-27-25(31)21-6-2-3-7-22(21)26(27)32/h1-8,13-15,28H,9-12,16H2,(H,29,30). The molecule has 4 rings (SSSR count). The van der Waals surface area contributed by atoms with E-state index in [1.54, 1.807) is 36.4 Å². The molecule has 6 heteroatoms. The summed E-state index contributed by atoms with van der Waals surface area (Å²) in [5.41, 5.74) is 4.34. The Morgan fingerprint density at radius 1 is 0.781 bits per heavy atom. The number of phenolic OH excluding ortho intramolecular Hbond substituents is 1. The van der Waals surface area contributed by atoms with Crippen LogP contribution in [0.3, 0.4) is 0 Å². The van der Waals surface area contributed by atoms with E-state index in [2.05, 4.69) is 0 Å². The number of amides is 2. The number of carbonyl (C=O) groups excluding carboxylic acids is 2. The fraction of sp³-hybridized carbons (Fsp3) is 0.192. The molecule has 0 saturated carbocycles. The normalized spacial score (nSPS) is 12.8. The number of rotatable bonds is 8. The number of para-hydroxylation sites is 1. The van der Waals surface area contributed by atoms with E-state index in [-0.39, 0.29) is 30.5 Å². The lowest BCUT2D eigenvalue weighted by molar-refractivity contribution is -0.136. The highest BCUT2D eigenvalue weighted by molar-refractivity contribution is 6.21. The van der Waals surface area contributed by atoms with Gasteiger partial charge in [0.05, 0.1) is 11.1 Å². The van der Waals surface area contributed by atoms with Gasteiger partial charge in [-0.05, 0) is 53.3 Å². The number of aromatic hydroxyl groups is 1. The van der Waals surface area contributed by atoms with Crippen LogP contribution in [-0.2, 0) is 24.1 Å². The van der Waals surface area contributed by atoms with Gasteiger partial charge in [-0.25, -0.2) is 0 Å². The number of aliphatic carboxylic acids is 1. The van der Waals surface area contributed by atoms with E-state index in [1.807, 2.05) is 30.3 Å². The van der Waals surface area contributed by atoms with Crippen LogP contribution < -0.4 is 0 Å². The molecule has 1 aliphatic rings. The first-order chi connectivity index (χ1) is 15.4. The van der Waals surface area contributed by atoms with Crippen molar-refractivity contribution in [3.8, 4) is 5.75 Å². The Kier molecular flexibility index (Phi) is 6.03. The molecule has 3 aromatic carbocycles. The summed E-state index contributed by atoms with van der Waals surface area (Å²) >= 11 is 0. The lowest BCUT2D eigenvalue weighted by Crippen LogP contribution is -2.31. The van der Waals surface area contributed by atoms with Crippen molar-refractivity contribution in [2.75, 3.05) is 6.54 Å². The summed E-state index contributed by atoms with van der Waals surface area (Å²) in [6, 6.07) is 19.7. The average molecular weight is 429 g/mol. The third-order valence-corrected chi connectivity index (χ3v) is 5.63. The maximum Gasteiger partial charge on any atom is 0.303 e. The van der Waals surface area contributed by atoms with E-state index in [9.17, 15) is 19.5 Å². The van der Waals surface area contributed by atoms with Crippen LogP contribution in [0.15, 0.2) is 66.7 Å². The summed E-state index contributed by atoms with van der Waals surface area (Å²) in [7, 11) is 0. The van der Waals surface area contributed by atoms with Crippen molar-refractivity contribution in [2.45, 2.75) is 25.7 Å². The van der Waals surface area contributed by atoms with Crippen LogP contribution in [0.2, 0.25) is 0 Å². The SMILES string of the molecule is O=C(O)CCc1cc(CCN2C(=O)c3ccccc3C2=O)cc(Cc2ccccc2O)c1. The quantitative estimate of drug-likeness (QED) is 0.531. The summed E-state index contributed by atoms with van der Waals surface area (Å²) in [5, 5.41) is 19.2. The lowest BCUT2D eigenvalue weighted by Gasteiger charge is -2.15. The van der Waals surface area contributed by atoms with E-state index in [1.165, 1.54) is 4.90 Å². The first kappa shape index (κ1) is 21.3. The minimum absolute atomic E-state index is 0.0118. The molecule has 2 amide bonds. The van der Waals surface area contributed by atoms with Crippen molar-refractivity contribution in [2.24, 2.45) is 0 Å². The number of carboxylic acid groups (broad SMARTS) is 1. The predicted molar refractivity (Wildman–Crippen MR) is 119 cm³/mol. The summed E-state index contributed by atoms with van der Waals surface area (Å²) in [6.45, 7) is 0.241. The minimum atomic E-state index is -0.872. The summed E-state index contributed by atoms with van der Waals surface area (Å²) < 4.78 is 0. The number of imide groups is 1. The van der Waals surface area contributed by atoms with Gasteiger partial charge in [0.2, 0.25) is 0 Å². The predicted octanol–water partition coefficient (Wildman–Crippen LogP) is 3.84. The molecular formula is C26H23NO5. The van der Waals surface area contributed by atoms with Gasteiger partial charge in [0.1, 0.15) is 5.75 Å². The Morgan fingerprint density at radius 2 is 1.34 bits per heavy atom. The molecular weight excluding hydrogens is 406 g/mol. The molecule has 0 atom stereocenters. The van der Waals surface area contributed by atoms with Crippen LogP contribution in [0.25, 0.3) is 0 Å². The Hall–Kier alpha value is -3.93. The minimum Gasteiger partial charge on any atom is -0.508 e. The van der Waals surface area contributed by atoms with E-state index in [0.717, 1.165) is 22.3 Å². The van der Waals surface area contributed by atoms with Gasteiger partial charge in [0.15, 0.2) is 0 Å². The monoisotopic (exact) mass is 429 g/mol. The van der Waals surface area contributed by atoms with Crippen LogP contribution in [0.5, 0.6) is 5.75 Å². The molecule has 1 aliphatic heterocycles. The van der Waals surface area contributed by atoms with E-state index < -0.39 is 5.97 Å². The Labute approximate surface area is 185 Å². The third-order valence-electron chi connectivity index (χ3n) is 5.63. The Bertz CT molecular complexity index is 1170. The molecule has 2 N–H and O–H groups in total. The number of fused-ring (bicyclic) bond motifs is 1. The van der Waals surface area contributed by atoms with Gasteiger partial charge < -0.3 is 10.2 Å². The van der Waals surface area contributed by atoms with Crippen molar-refractivity contribution in [1.82, 2.24) is 4.90 Å². The summed E-state index contributed by atoms with van der Waals surface area (Å²) in [4.78, 5) is 37.6. The summed E-state index contributed by atoms with van der Waals surface area (Å²) in [6.07, 6.45) is 1.34. The van der Waals surface area contributed by atoms with Gasteiger partial charge in [0, 0.05) is 19.4 Å². The zero-order valence-corrected chi connectivity index (χ0v) is 17.5. The molecule has 0 radical (unpaired) electrons. The molecule has 0 bridgehead atoms. The molecule has 32 heavy (non-hydrogen) atoms. The van der Waals surface area contributed by atoms with Crippen LogP contribution in [0, 0.1) is 0 Å². The molecule has 0 unspecified atom stereocenters. The number of carboxylic acids is 1. The highest BCUT2D eigenvalue weighted by atomic mass is 16.4. The second-order valence-electron chi connectivity index (χ2n) is 7.91.